The fraction of sp³-hybridized carbons (Fsp3) is 0.533. The summed E-state index contributed by atoms with van der Waals surface area (Å²) >= 11 is 0. The van der Waals surface area contributed by atoms with Gasteiger partial charge in [-0.3, -0.25) is 14.9 Å². The highest BCUT2D eigenvalue weighted by Gasteiger charge is 2.32. The Labute approximate surface area is 123 Å². The highest BCUT2D eigenvalue weighted by Crippen LogP contribution is 2.31. The number of carbonyl (C=O) groups is 1. The van der Waals surface area contributed by atoms with E-state index in [2.05, 4.69) is 11.9 Å². The normalized spacial score (nSPS) is 22.1. The Morgan fingerprint density at radius 2 is 1.86 bits per heavy atom. The van der Waals surface area contributed by atoms with E-state index >= 15 is 0 Å². The lowest BCUT2D eigenvalue weighted by molar-refractivity contribution is -0.384. The van der Waals surface area contributed by atoms with E-state index in [0.29, 0.717) is 12.8 Å². The Hall–Kier alpha value is -1.95. The molecule has 1 fully saturated rings. The first-order valence-corrected chi connectivity index (χ1v) is 7.28. The van der Waals surface area contributed by atoms with Crippen molar-refractivity contribution in [1.29, 1.82) is 0 Å². The molecule has 1 saturated heterocycles. The van der Waals surface area contributed by atoms with Crippen molar-refractivity contribution >= 4 is 11.6 Å². The molecule has 0 saturated carbocycles. The summed E-state index contributed by atoms with van der Waals surface area (Å²) in [7, 11) is 2.06. The second kappa shape index (κ2) is 5.44. The number of likely N-dealkylation sites (N-methyl/N-ethyl adjacent to an activating group) is 1. The fourth-order valence-electron chi connectivity index (χ4n) is 3.18. The minimum Gasteiger partial charge on any atom is -0.340 e. The second-order valence-corrected chi connectivity index (χ2v) is 5.94. The van der Waals surface area contributed by atoms with E-state index in [4.69, 9.17) is 0 Å². The van der Waals surface area contributed by atoms with Crippen molar-refractivity contribution in [1.82, 2.24) is 9.80 Å². The standard InChI is InChI=1S/C15H19N3O3/c1-16-4-6-17(7-5-16)15(19)13-8-11-2-3-14(18(20)21)10-12(11)9-13/h2-3,10,13H,4-9H2,1H3/t13-/m0/s1. The van der Waals surface area contributed by atoms with Crippen molar-refractivity contribution in [3.8, 4) is 0 Å². The summed E-state index contributed by atoms with van der Waals surface area (Å²) < 4.78 is 0. The number of carbonyl (C=O) groups excluding carboxylic acids is 1. The molecule has 1 heterocycles. The Bertz CT molecular complexity index is 580. The zero-order valence-electron chi connectivity index (χ0n) is 12.1. The lowest BCUT2D eigenvalue weighted by Crippen LogP contribution is -2.49. The van der Waals surface area contributed by atoms with Crippen LogP contribution in [0.1, 0.15) is 11.1 Å². The number of benzene rings is 1. The first-order valence-electron chi connectivity index (χ1n) is 7.28. The van der Waals surface area contributed by atoms with Crippen LogP contribution in [-0.2, 0) is 17.6 Å². The van der Waals surface area contributed by atoms with Crippen molar-refractivity contribution in [3.63, 3.8) is 0 Å². The van der Waals surface area contributed by atoms with Gasteiger partial charge in [0.15, 0.2) is 0 Å². The molecule has 1 amide bonds. The van der Waals surface area contributed by atoms with Crippen LogP contribution in [0.4, 0.5) is 5.69 Å². The summed E-state index contributed by atoms with van der Waals surface area (Å²) in [4.78, 5) is 27.2. The zero-order valence-corrected chi connectivity index (χ0v) is 12.1. The zero-order chi connectivity index (χ0) is 15.0. The maximum atomic E-state index is 12.6. The number of nitro benzene ring substituents is 1. The molecule has 6 nitrogen and oxygen atoms in total. The van der Waals surface area contributed by atoms with Gasteiger partial charge < -0.3 is 9.80 Å². The van der Waals surface area contributed by atoms with Gasteiger partial charge in [-0.15, -0.1) is 0 Å². The van der Waals surface area contributed by atoms with Gasteiger partial charge in [0.25, 0.3) is 5.69 Å². The minimum atomic E-state index is -0.379. The molecule has 1 aliphatic carbocycles. The molecule has 0 aromatic heterocycles. The number of rotatable bonds is 2. The first-order chi connectivity index (χ1) is 10.0. The topological polar surface area (TPSA) is 66.7 Å². The van der Waals surface area contributed by atoms with Crippen LogP contribution in [0.25, 0.3) is 0 Å². The molecule has 1 aromatic rings. The number of piperazine rings is 1. The van der Waals surface area contributed by atoms with Gasteiger partial charge >= 0.3 is 0 Å². The van der Waals surface area contributed by atoms with E-state index in [9.17, 15) is 14.9 Å². The van der Waals surface area contributed by atoms with Crippen LogP contribution in [0.5, 0.6) is 0 Å². The van der Waals surface area contributed by atoms with Crippen molar-refractivity contribution in [2.75, 3.05) is 33.2 Å². The van der Waals surface area contributed by atoms with Crippen LogP contribution in [0.3, 0.4) is 0 Å². The maximum absolute atomic E-state index is 12.6. The Morgan fingerprint density at radius 3 is 2.52 bits per heavy atom. The van der Waals surface area contributed by atoms with Gasteiger partial charge in [-0.25, -0.2) is 0 Å². The van der Waals surface area contributed by atoms with Crippen molar-refractivity contribution in [2.24, 2.45) is 5.92 Å². The van der Waals surface area contributed by atoms with E-state index in [-0.39, 0.29) is 22.4 Å². The van der Waals surface area contributed by atoms with E-state index < -0.39 is 0 Å². The number of fused-ring (bicyclic) bond motifs is 1. The van der Waals surface area contributed by atoms with Crippen LogP contribution in [0.15, 0.2) is 18.2 Å². The molecule has 0 spiro atoms. The summed E-state index contributed by atoms with van der Waals surface area (Å²) in [6.07, 6.45) is 1.33. The quantitative estimate of drug-likeness (QED) is 0.603. The lowest BCUT2D eigenvalue weighted by Gasteiger charge is -2.34. The van der Waals surface area contributed by atoms with Crippen molar-refractivity contribution < 1.29 is 9.72 Å². The summed E-state index contributed by atoms with van der Waals surface area (Å²) in [5, 5.41) is 10.8. The fourth-order valence-corrected chi connectivity index (χ4v) is 3.18. The van der Waals surface area contributed by atoms with Crippen molar-refractivity contribution in [2.45, 2.75) is 12.8 Å². The molecule has 0 bridgehead atoms. The Morgan fingerprint density at radius 1 is 1.19 bits per heavy atom. The second-order valence-electron chi connectivity index (χ2n) is 5.94. The third kappa shape index (κ3) is 2.76. The van der Waals surface area contributed by atoms with Crippen LogP contribution in [0, 0.1) is 16.0 Å². The number of hydrogen-bond acceptors (Lipinski definition) is 4. The summed E-state index contributed by atoms with van der Waals surface area (Å²) in [5.41, 5.74) is 2.14. The molecule has 1 atom stereocenters. The maximum Gasteiger partial charge on any atom is 0.269 e. The van der Waals surface area contributed by atoms with E-state index in [1.807, 2.05) is 4.90 Å². The summed E-state index contributed by atoms with van der Waals surface area (Å²) in [5.74, 6) is 0.146. The van der Waals surface area contributed by atoms with Gasteiger partial charge in [-0.2, -0.15) is 0 Å². The average Bonchev–Trinajstić information content (AvgIpc) is 2.90. The molecule has 3 rings (SSSR count). The van der Waals surface area contributed by atoms with E-state index in [1.165, 1.54) is 6.07 Å². The third-order valence-corrected chi connectivity index (χ3v) is 4.50. The van der Waals surface area contributed by atoms with Gasteiger partial charge in [-0.1, -0.05) is 6.07 Å². The molecule has 0 unspecified atom stereocenters. The van der Waals surface area contributed by atoms with Gasteiger partial charge in [-0.05, 0) is 31.0 Å². The van der Waals surface area contributed by atoms with Crippen LogP contribution >= 0.6 is 0 Å². The Balaban J connectivity index is 1.69. The first kappa shape index (κ1) is 14.0. The SMILES string of the molecule is CN1CCN(C(=O)[C@H]2Cc3ccc([N+](=O)[O-])cc3C2)CC1. The molecule has 6 heteroatoms. The number of nitrogens with zero attached hydrogens (tertiary/aromatic N) is 3. The van der Waals surface area contributed by atoms with E-state index in [1.54, 1.807) is 12.1 Å². The van der Waals surface area contributed by atoms with Crippen LogP contribution < -0.4 is 0 Å². The molecular formula is C15H19N3O3. The van der Waals surface area contributed by atoms with Gasteiger partial charge in [0.1, 0.15) is 0 Å². The van der Waals surface area contributed by atoms with Gasteiger partial charge in [0.05, 0.1) is 4.92 Å². The highest BCUT2D eigenvalue weighted by molar-refractivity contribution is 5.80. The summed E-state index contributed by atoms with van der Waals surface area (Å²) in [6.45, 7) is 3.39. The van der Waals surface area contributed by atoms with Crippen molar-refractivity contribution in [3.05, 3.63) is 39.4 Å². The van der Waals surface area contributed by atoms with Gasteiger partial charge in [0.2, 0.25) is 5.91 Å². The summed E-state index contributed by atoms with van der Waals surface area (Å²) in [6, 6.07) is 4.94. The lowest BCUT2D eigenvalue weighted by atomic mass is 10.0. The number of nitro groups is 1. The largest absolute Gasteiger partial charge is 0.340 e. The molecule has 0 radical (unpaired) electrons. The molecule has 0 N–H and O–H groups in total. The highest BCUT2D eigenvalue weighted by atomic mass is 16.6. The number of hydrogen-bond donors (Lipinski definition) is 0. The van der Waals surface area contributed by atoms with E-state index in [0.717, 1.165) is 37.3 Å². The number of non-ortho nitro benzene ring substituents is 1. The monoisotopic (exact) mass is 289 g/mol. The average molecular weight is 289 g/mol. The predicted molar refractivity (Wildman–Crippen MR) is 78.1 cm³/mol. The molecule has 21 heavy (non-hydrogen) atoms. The molecule has 1 aromatic carbocycles. The number of amides is 1. The third-order valence-electron chi connectivity index (χ3n) is 4.50. The van der Waals surface area contributed by atoms with Crippen LogP contribution in [0.2, 0.25) is 0 Å². The smallest absolute Gasteiger partial charge is 0.269 e. The minimum absolute atomic E-state index is 0.0505. The predicted octanol–water partition coefficient (Wildman–Crippen LogP) is 1.08. The molecule has 2 aliphatic rings. The Kier molecular flexibility index (Phi) is 3.63. The molecule has 112 valence electrons. The van der Waals surface area contributed by atoms with Gasteiger partial charge in [0, 0.05) is 44.2 Å². The molecular weight excluding hydrogens is 270 g/mol. The molecule has 1 aliphatic heterocycles. The van der Waals surface area contributed by atoms with Crippen LogP contribution in [-0.4, -0.2) is 53.9 Å².